The standard InChI is InChI=1S/C12H13N3O/c1-8-4-3-5-9(6-8)10-7-14-15(2)11(10)12(13)16/h3-7H,1-2H3,(H2,13,16). The van der Waals surface area contributed by atoms with Gasteiger partial charge in [-0.15, -0.1) is 0 Å². The van der Waals surface area contributed by atoms with E-state index in [0.29, 0.717) is 5.69 Å². The number of carbonyl (C=O) groups is 1. The van der Waals surface area contributed by atoms with Crippen molar-refractivity contribution in [3.8, 4) is 11.1 Å². The summed E-state index contributed by atoms with van der Waals surface area (Å²) in [5, 5.41) is 4.06. The van der Waals surface area contributed by atoms with Gasteiger partial charge in [-0.05, 0) is 12.5 Å². The number of aryl methyl sites for hydroxylation is 2. The van der Waals surface area contributed by atoms with Crippen LogP contribution in [-0.2, 0) is 7.05 Å². The Labute approximate surface area is 93.7 Å². The van der Waals surface area contributed by atoms with E-state index in [2.05, 4.69) is 5.10 Å². The Hall–Kier alpha value is -2.10. The van der Waals surface area contributed by atoms with Crippen LogP contribution in [0.5, 0.6) is 0 Å². The normalized spacial score (nSPS) is 10.4. The van der Waals surface area contributed by atoms with E-state index in [1.165, 1.54) is 4.68 Å². The molecule has 0 unspecified atom stereocenters. The number of amides is 1. The first kappa shape index (κ1) is 10.4. The molecule has 0 atom stereocenters. The molecule has 1 aromatic heterocycles. The van der Waals surface area contributed by atoms with Crippen LogP contribution >= 0.6 is 0 Å². The molecule has 4 heteroatoms. The summed E-state index contributed by atoms with van der Waals surface area (Å²) in [6.07, 6.45) is 1.66. The Balaban J connectivity index is 2.60. The molecule has 2 rings (SSSR count). The average molecular weight is 215 g/mol. The van der Waals surface area contributed by atoms with Gasteiger partial charge in [-0.3, -0.25) is 9.48 Å². The zero-order valence-electron chi connectivity index (χ0n) is 9.27. The smallest absolute Gasteiger partial charge is 0.267 e. The van der Waals surface area contributed by atoms with Gasteiger partial charge in [-0.25, -0.2) is 0 Å². The molecule has 16 heavy (non-hydrogen) atoms. The van der Waals surface area contributed by atoms with Crippen LogP contribution in [-0.4, -0.2) is 15.7 Å². The van der Waals surface area contributed by atoms with Crippen molar-refractivity contribution in [1.29, 1.82) is 0 Å². The van der Waals surface area contributed by atoms with E-state index >= 15 is 0 Å². The molecule has 0 radical (unpaired) electrons. The van der Waals surface area contributed by atoms with E-state index in [4.69, 9.17) is 5.73 Å². The molecule has 0 spiro atoms. The van der Waals surface area contributed by atoms with E-state index in [9.17, 15) is 4.79 Å². The van der Waals surface area contributed by atoms with E-state index in [1.54, 1.807) is 13.2 Å². The highest BCUT2D eigenvalue weighted by molar-refractivity contribution is 5.98. The lowest BCUT2D eigenvalue weighted by atomic mass is 10.0. The van der Waals surface area contributed by atoms with Crippen molar-refractivity contribution in [2.24, 2.45) is 12.8 Å². The maximum Gasteiger partial charge on any atom is 0.267 e. The Morgan fingerprint density at radius 3 is 2.81 bits per heavy atom. The SMILES string of the molecule is Cc1cccc(-c2cnn(C)c2C(N)=O)c1. The van der Waals surface area contributed by atoms with Crippen LogP contribution in [0.2, 0.25) is 0 Å². The molecule has 1 amide bonds. The second-order valence-electron chi connectivity index (χ2n) is 3.76. The predicted molar refractivity (Wildman–Crippen MR) is 61.9 cm³/mol. The number of hydrogen-bond acceptors (Lipinski definition) is 2. The second-order valence-corrected chi connectivity index (χ2v) is 3.76. The number of rotatable bonds is 2. The van der Waals surface area contributed by atoms with Gasteiger partial charge in [0.05, 0.1) is 6.20 Å². The summed E-state index contributed by atoms with van der Waals surface area (Å²) < 4.78 is 1.50. The number of aromatic nitrogens is 2. The number of hydrogen-bond donors (Lipinski definition) is 1. The lowest BCUT2D eigenvalue weighted by molar-refractivity contribution is 0.0992. The third kappa shape index (κ3) is 1.69. The van der Waals surface area contributed by atoms with Crippen LogP contribution in [0, 0.1) is 6.92 Å². The molecule has 0 aliphatic rings. The Morgan fingerprint density at radius 2 is 2.19 bits per heavy atom. The first-order chi connectivity index (χ1) is 7.59. The van der Waals surface area contributed by atoms with Crippen LogP contribution in [0.25, 0.3) is 11.1 Å². The topological polar surface area (TPSA) is 60.9 Å². The summed E-state index contributed by atoms with van der Waals surface area (Å²) in [4.78, 5) is 11.3. The fourth-order valence-corrected chi connectivity index (χ4v) is 1.75. The maximum atomic E-state index is 11.3. The zero-order chi connectivity index (χ0) is 11.7. The molecule has 82 valence electrons. The summed E-state index contributed by atoms with van der Waals surface area (Å²) in [5.74, 6) is -0.462. The van der Waals surface area contributed by atoms with Crippen LogP contribution in [0.3, 0.4) is 0 Å². The average Bonchev–Trinajstić information content (AvgIpc) is 2.60. The number of nitrogens with two attached hydrogens (primary N) is 1. The lowest BCUT2D eigenvalue weighted by Gasteiger charge is -2.03. The number of benzene rings is 1. The zero-order valence-corrected chi connectivity index (χ0v) is 9.27. The van der Waals surface area contributed by atoms with E-state index in [1.807, 2.05) is 31.2 Å². The number of carbonyl (C=O) groups excluding carboxylic acids is 1. The van der Waals surface area contributed by atoms with Gasteiger partial charge >= 0.3 is 0 Å². The van der Waals surface area contributed by atoms with Crippen molar-refractivity contribution in [1.82, 2.24) is 9.78 Å². The van der Waals surface area contributed by atoms with Gasteiger partial charge in [0.2, 0.25) is 0 Å². The minimum atomic E-state index is -0.462. The minimum absolute atomic E-state index is 0.436. The van der Waals surface area contributed by atoms with Crippen molar-refractivity contribution >= 4 is 5.91 Å². The summed E-state index contributed by atoms with van der Waals surface area (Å²) >= 11 is 0. The van der Waals surface area contributed by atoms with Gasteiger partial charge in [0.25, 0.3) is 5.91 Å². The predicted octanol–water partition coefficient (Wildman–Crippen LogP) is 1.49. The van der Waals surface area contributed by atoms with Gasteiger partial charge in [0.1, 0.15) is 5.69 Å². The van der Waals surface area contributed by atoms with Crippen LogP contribution < -0.4 is 5.73 Å². The summed E-state index contributed by atoms with van der Waals surface area (Å²) in [6.45, 7) is 2.00. The fourth-order valence-electron chi connectivity index (χ4n) is 1.75. The molecular weight excluding hydrogens is 202 g/mol. The second kappa shape index (κ2) is 3.81. The summed E-state index contributed by atoms with van der Waals surface area (Å²) in [7, 11) is 1.71. The van der Waals surface area contributed by atoms with Crippen LogP contribution in [0.4, 0.5) is 0 Å². The third-order valence-corrected chi connectivity index (χ3v) is 2.50. The lowest BCUT2D eigenvalue weighted by Crippen LogP contribution is -2.16. The Morgan fingerprint density at radius 1 is 1.44 bits per heavy atom. The van der Waals surface area contributed by atoms with E-state index in [0.717, 1.165) is 16.7 Å². The Bertz CT molecular complexity index is 543. The molecule has 1 heterocycles. The van der Waals surface area contributed by atoms with E-state index in [-0.39, 0.29) is 0 Å². The van der Waals surface area contributed by atoms with Gasteiger partial charge < -0.3 is 5.73 Å². The molecule has 0 saturated heterocycles. The fraction of sp³-hybridized carbons (Fsp3) is 0.167. The molecule has 2 N–H and O–H groups in total. The molecule has 0 saturated carbocycles. The largest absolute Gasteiger partial charge is 0.364 e. The molecule has 4 nitrogen and oxygen atoms in total. The molecule has 0 fully saturated rings. The summed E-state index contributed by atoms with van der Waals surface area (Å²) in [5.41, 5.74) is 8.64. The van der Waals surface area contributed by atoms with Crippen LogP contribution in [0.1, 0.15) is 16.1 Å². The highest BCUT2D eigenvalue weighted by Gasteiger charge is 2.15. The van der Waals surface area contributed by atoms with Gasteiger partial charge in [0, 0.05) is 12.6 Å². The van der Waals surface area contributed by atoms with Crippen molar-refractivity contribution in [2.45, 2.75) is 6.92 Å². The molecule has 2 aromatic rings. The van der Waals surface area contributed by atoms with Crippen molar-refractivity contribution in [3.05, 3.63) is 41.7 Å². The first-order valence-electron chi connectivity index (χ1n) is 4.98. The van der Waals surface area contributed by atoms with E-state index < -0.39 is 5.91 Å². The minimum Gasteiger partial charge on any atom is -0.364 e. The van der Waals surface area contributed by atoms with Crippen molar-refractivity contribution < 1.29 is 4.79 Å². The molecular formula is C12H13N3O. The van der Waals surface area contributed by atoms with Gasteiger partial charge in [-0.2, -0.15) is 5.10 Å². The number of primary amides is 1. The highest BCUT2D eigenvalue weighted by Crippen LogP contribution is 2.23. The van der Waals surface area contributed by atoms with Crippen molar-refractivity contribution in [2.75, 3.05) is 0 Å². The third-order valence-electron chi connectivity index (χ3n) is 2.50. The monoisotopic (exact) mass is 215 g/mol. The first-order valence-corrected chi connectivity index (χ1v) is 4.98. The van der Waals surface area contributed by atoms with Gasteiger partial charge in [0.15, 0.2) is 0 Å². The van der Waals surface area contributed by atoms with Crippen molar-refractivity contribution in [3.63, 3.8) is 0 Å². The molecule has 0 aliphatic heterocycles. The molecule has 0 bridgehead atoms. The Kier molecular flexibility index (Phi) is 2.48. The maximum absolute atomic E-state index is 11.3. The molecule has 1 aromatic carbocycles. The number of nitrogens with zero attached hydrogens (tertiary/aromatic N) is 2. The molecule has 0 aliphatic carbocycles. The summed E-state index contributed by atoms with van der Waals surface area (Å²) in [6, 6.07) is 7.89. The quantitative estimate of drug-likeness (QED) is 0.825. The highest BCUT2D eigenvalue weighted by atomic mass is 16.1. The van der Waals surface area contributed by atoms with Crippen LogP contribution in [0.15, 0.2) is 30.5 Å². The van der Waals surface area contributed by atoms with Gasteiger partial charge in [-0.1, -0.05) is 29.8 Å².